The van der Waals surface area contributed by atoms with Gasteiger partial charge in [-0.05, 0) is 17.5 Å². The van der Waals surface area contributed by atoms with Crippen molar-refractivity contribution in [2.24, 2.45) is 5.92 Å². The Morgan fingerprint density at radius 1 is 1.30 bits per heavy atom. The lowest BCUT2D eigenvalue weighted by atomic mass is 9.92. The zero-order valence-electron chi connectivity index (χ0n) is 11.5. The van der Waals surface area contributed by atoms with Crippen LogP contribution in [-0.2, 0) is 16.0 Å². The molecule has 1 N–H and O–H groups in total. The van der Waals surface area contributed by atoms with E-state index in [4.69, 9.17) is 5.11 Å². The molecule has 1 aliphatic heterocycles. The van der Waals surface area contributed by atoms with Gasteiger partial charge in [-0.1, -0.05) is 32.0 Å². The number of rotatable bonds is 4. The molecule has 1 aliphatic rings. The van der Waals surface area contributed by atoms with Crippen LogP contribution in [0, 0.1) is 5.92 Å². The summed E-state index contributed by atoms with van der Waals surface area (Å²) in [5.74, 6) is -1.84. The van der Waals surface area contributed by atoms with Crippen LogP contribution in [0.3, 0.4) is 0 Å². The molecule has 1 aromatic rings. The maximum Gasteiger partial charge on any atom is 0.305 e. The quantitative estimate of drug-likeness (QED) is 0.849. The van der Waals surface area contributed by atoms with Crippen molar-refractivity contribution in [3.05, 3.63) is 35.4 Å². The Kier molecular flexibility index (Phi) is 3.88. The molecular formula is C15H17NO4. The number of fused-ring (bicyclic) bond motifs is 1. The number of nitrogens with zero attached hydrogens (tertiary/aromatic N) is 1. The van der Waals surface area contributed by atoms with E-state index < -0.39 is 17.9 Å². The van der Waals surface area contributed by atoms with Crippen LogP contribution in [0.2, 0.25) is 0 Å². The predicted octanol–water partition coefficient (Wildman–Crippen LogP) is 1.71. The van der Waals surface area contributed by atoms with Gasteiger partial charge in [0.15, 0.2) is 0 Å². The van der Waals surface area contributed by atoms with Gasteiger partial charge in [-0.15, -0.1) is 0 Å². The van der Waals surface area contributed by atoms with E-state index in [-0.39, 0.29) is 24.7 Å². The summed E-state index contributed by atoms with van der Waals surface area (Å²) in [6.07, 6.45) is -0.0813. The first-order chi connectivity index (χ1) is 9.41. The van der Waals surface area contributed by atoms with Crippen molar-refractivity contribution < 1.29 is 19.5 Å². The van der Waals surface area contributed by atoms with E-state index >= 15 is 0 Å². The largest absolute Gasteiger partial charge is 0.481 e. The van der Waals surface area contributed by atoms with Crippen molar-refractivity contribution in [2.75, 3.05) is 0 Å². The molecule has 1 aromatic carbocycles. The molecule has 106 valence electrons. The molecule has 2 amide bonds. The lowest BCUT2D eigenvalue weighted by Gasteiger charge is -2.35. The average molecular weight is 275 g/mol. The van der Waals surface area contributed by atoms with Gasteiger partial charge < -0.3 is 5.11 Å². The number of hydrogen-bond acceptors (Lipinski definition) is 3. The van der Waals surface area contributed by atoms with Crippen molar-refractivity contribution in [3.63, 3.8) is 0 Å². The van der Waals surface area contributed by atoms with Crippen molar-refractivity contribution in [1.29, 1.82) is 0 Å². The van der Waals surface area contributed by atoms with Crippen LogP contribution < -0.4 is 0 Å². The van der Waals surface area contributed by atoms with Gasteiger partial charge in [-0.25, -0.2) is 0 Å². The molecule has 0 bridgehead atoms. The van der Waals surface area contributed by atoms with E-state index in [0.717, 1.165) is 4.90 Å². The highest BCUT2D eigenvalue weighted by molar-refractivity contribution is 6.10. The summed E-state index contributed by atoms with van der Waals surface area (Å²) in [5, 5.41) is 8.98. The summed E-state index contributed by atoms with van der Waals surface area (Å²) in [6.45, 7) is 3.63. The number of carbonyl (C=O) groups is 3. The first kappa shape index (κ1) is 14.2. The molecule has 0 fully saturated rings. The minimum atomic E-state index is -1.01. The van der Waals surface area contributed by atoms with Crippen LogP contribution in [0.5, 0.6) is 0 Å². The fourth-order valence-electron chi connectivity index (χ4n) is 2.51. The molecule has 5 nitrogen and oxygen atoms in total. The van der Waals surface area contributed by atoms with E-state index in [2.05, 4.69) is 0 Å². The number of imide groups is 1. The van der Waals surface area contributed by atoms with Crippen LogP contribution in [-0.4, -0.2) is 33.8 Å². The SMILES string of the molecule is CC(C)C(CC(=O)O)N1C(=O)Cc2ccccc2C1=O. The Balaban J connectivity index is 2.39. The van der Waals surface area contributed by atoms with Gasteiger partial charge in [-0.3, -0.25) is 19.3 Å². The summed E-state index contributed by atoms with van der Waals surface area (Å²) in [5.41, 5.74) is 1.19. The molecular weight excluding hydrogens is 258 g/mol. The number of benzene rings is 1. The monoisotopic (exact) mass is 275 g/mol. The summed E-state index contributed by atoms with van der Waals surface area (Å²) in [7, 11) is 0. The highest BCUT2D eigenvalue weighted by Crippen LogP contribution is 2.25. The van der Waals surface area contributed by atoms with Gasteiger partial charge in [0.1, 0.15) is 0 Å². The number of aliphatic carboxylic acids is 1. The van der Waals surface area contributed by atoms with Crippen LogP contribution in [0.25, 0.3) is 0 Å². The van der Waals surface area contributed by atoms with E-state index in [9.17, 15) is 14.4 Å². The van der Waals surface area contributed by atoms with Gasteiger partial charge in [-0.2, -0.15) is 0 Å². The number of carbonyl (C=O) groups excluding carboxylic acids is 2. The zero-order chi connectivity index (χ0) is 14.9. The molecule has 0 saturated carbocycles. The van der Waals surface area contributed by atoms with Crippen molar-refractivity contribution in [1.82, 2.24) is 4.90 Å². The second kappa shape index (κ2) is 5.45. The highest BCUT2D eigenvalue weighted by atomic mass is 16.4. The molecule has 1 heterocycles. The highest BCUT2D eigenvalue weighted by Gasteiger charge is 2.37. The fraction of sp³-hybridized carbons (Fsp3) is 0.400. The molecule has 1 atom stereocenters. The molecule has 1 unspecified atom stereocenters. The van der Waals surface area contributed by atoms with Gasteiger partial charge in [0.05, 0.1) is 18.9 Å². The van der Waals surface area contributed by atoms with Gasteiger partial charge in [0, 0.05) is 5.56 Å². The van der Waals surface area contributed by atoms with E-state index in [1.807, 2.05) is 13.8 Å². The molecule has 0 spiro atoms. The molecule has 0 saturated heterocycles. The van der Waals surface area contributed by atoms with Gasteiger partial charge in [0.25, 0.3) is 5.91 Å². The predicted molar refractivity (Wildman–Crippen MR) is 72.2 cm³/mol. The van der Waals surface area contributed by atoms with Gasteiger partial charge in [0.2, 0.25) is 5.91 Å². The third-order valence-electron chi connectivity index (χ3n) is 3.56. The maximum atomic E-state index is 12.5. The second-order valence-electron chi connectivity index (χ2n) is 5.31. The van der Waals surface area contributed by atoms with Crippen LogP contribution >= 0.6 is 0 Å². The van der Waals surface area contributed by atoms with Crippen molar-refractivity contribution >= 4 is 17.8 Å². The molecule has 0 radical (unpaired) electrons. The number of carboxylic acids is 1. The Morgan fingerprint density at radius 2 is 1.95 bits per heavy atom. The molecule has 0 aliphatic carbocycles. The number of amides is 2. The third-order valence-corrected chi connectivity index (χ3v) is 3.56. The smallest absolute Gasteiger partial charge is 0.305 e. The lowest BCUT2D eigenvalue weighted by molar-refractivity contribution is -0.140. The average Bonchev–Trinajstić information content (AvgIpc) is 2.37. The molecule has 2 rings (SSSR count). The Labute approximate surface area is 117 Å². The summed E-state index contributed by atoms with van der Waals surface area (Å²) < 4.78 is 0. The minimum Gasteiger partial charge on any atom is -0.481 e. The summed E-state index contributed by atoms with van der Waals surface area (Å²) >= 11 is 0. The molecule has 5 heteroatoms. The van der Waals surface area contributed by atoms with Gasteiger partial charge >= 0.3 is 5.97 Å². The third kappa shape index (κ3) is 2.57. The molecule has 20 heavy (non-hydrogen) atoms. The lowest BCUT2D eigenvalue weighted by Crippen LogP contribution is -2.51. The van der Waals surface area contributed by atoms with Crippen LogP contribution in [0.15, 0.2) is 24.3 Å². The summed E-state index contributed by atoms with van der Waals surface area (Å²) in [6, 6.07) is 6.35. The Bertz CT molecular complexity index is 565. The van der Waals surface area contributed by atoms with Crippen LogP contribution in [0.1, 0.15) is 36.2 Å². The first-order valence-corrected chi connectivity index (χ1v) is 6.58. The van der Waals surface area contributed by atoms with E-state index in [1.165, 1.54) is 0 Å². The van der Waals surface area contributed by atoms with Crippen LogP contribution in [0.4, 0.5) is 0 Å². The standard InChI is InChI=1S/C15H17NO4/c1-9(2)12(8-14(18)19)16-13(17)7-10-5-3-4-6-11(10)15(16)20/h3-6,9,12H,7-8H2,1-2H3,(H,18,19). The summed E-state index contributed by atoms with van der Waals surface area (Å²) in [4.78, 5) is 36.8. The van der Waals surface area contributed by atoms with Crippen molar-refractivity contribution in [2.45, 2.75) is 32.7 Å². The van der Waals surface area contributed by atoms with E-state index in [0.29, 0.717) is 11.1 Å². The Hall–Kier alpha value is -2.17. The topological polar surface area (TPSA) is 74.7 Å². The first-order valence-electron chi connectivity index (χ1n) is 6.58. The normalized spacial score (nSPS) is 16.2. The molecule has 0 aromatic heterocycles. The fourth-order valence-corrected chi connectivity index (χ4v) is 2.51. The number of carboxylic acid groups (broad SMARTS) is 1. The Morgan fingerprint density at radius 3 is 2.55 bits per heavy atom. The number of hydrogen-bond donors (Lipinski definition) is 1. The minimum absolute atomic E-state index is 0.107. The van der Waals surface area contributed by atoms with Crippen molar-refractivity contribution in [3.8, 4) is 0 Å². The zero-order valence-corrected chi connectivity index (χ0v) is 11.5. The van der Waals surface area contributed by atoms with E-state index in [1.54, 1.807) is 24.3 Å². The maximum absolute atomic E-state index is 12.5. The second-order valence-corrected chi connectivity index (χ2v) is 5.31.